The highest BCUT2D eigenvalue weighted by molar-refractivity contribution is 5.69. The lowest BCUT2D eigenvalue weighted by Gasteiger charge is -2.17. The third-order valence-electron chi connectivity index (χ3n) is 8.47. The molecule has 0 amide bonds. The van der Waals surface area contributed by atoms with Gasteiger partial charge >= 0.3 is 11.9 Å². The van der Waals surface area contributed by atoms with Crippen molar-refractivity contribution >= 4 is 11.9 Å². The van der Waals surface area contributed by atoms with Crippen molar-refractivity contribution in [1.29, 1.82) is 0 Å². The first-order valence-corrected chi connectivity index (χ1v) is 18.7. The molecule has 0 aliphatic heterocycles. The Balaban J connectivity index is 3.47. The molecule has 0 saturated carbocycles. The van der Waals surface area contributed by atoms with Gasteiger partial charge in [0.05, 0.1) is 0 Å². The first-order chi connectivity index (χ1) is 20.6. The topological polar surface area (TPSA) is 63.6 Å². The summed E-state index contributed by atoms with van der Waals surface area (Å²) in [7, 11) is 0. The Hall–Kier alpha value is -1.32. The normalized spacial score (nSPS) is 12.2. The molecule has 42 heavy (non-hydrogen) atoms. The third-order valence-corrected chi connectivity index (χ3v) is 8.47. The first kappa shape index (κ1) is 40.7. The van der Waals surface area contributed by atoms with Crippen LogP contribution >= 0.6 is 0 Å². The van der Waals surface area contributed by atoms with E-state index < -0.39 is 5.97 Å². The summed E-state index contributed by atoms with van der Waals surface area (Å²) in [6.45, 7) is 4.44. The van der Waals surface area contributed by atoms with Crippen LogP contribution < -0.4 is 0 Å². The molecule has 0 aliphatic rings. The van der Waals surface area contributed by atoms with E-state index in [4.69, 9.17) is 9.84 Å². The largest absolute Gasteiger partial charge is 0.481 e. The lowest BCUT2D eigenvalue weighted by molar-refractivity contribution is -0.150. The molecule has 1 atom stereocenters. The third kappa shape index (κ3) is 33.2. The number of rotatable bonds is 34. The zero-order valence-electron chi connectivity index (χ0n) is 28.3. The number of aliphatic carboxylic acids is 1. The molecular weight excluding hydrogens is 520 g/mol. The smallest absolute Gasteiger partial charge is 0.306 e. The Morgan fingerprint density at radius 3 is 1.36 bits per heavy atom. The van der Waals surface area contributed by atoms with Crippen molar-refractivity contribution < 1.29 is 19.4 Å². The second kappa shape index (κ2) is 34.2. The van der Waals surface area contributed by atoms with Crippen molar-refractivity contribution in [2.75, 3.05) is 0 Å². The van der Waals surface area contributed by atoms with Gasteiger partial charge < -0.3 is 9.84 Å². The van der Waals surface area contributed by atoms with Crippen LogP contribution in [0.25, 0.3) is 0 Å². The molecule has 0 heterocycles. The number of unbranched alkanes of at least 4 members (excludes halogenated alkanes) is 23. The predicted octanol–water partition coefficient (Wildman–Crippen LogP) is 12.7. The van der Waals surface area contributed by atoms with Crippen LogP contribution in [0.3, 0.4) is 0 Å². The molecule has 0 saturated heterocycles. The van der Waals surface area contributed by atoms with Crippen molar-refractivity contribution in [3.8, 4) is 0 Å². The molecule has 0 fully saturated rings. The average Bonchev–Trinajstić information content (AvgIpc) is 2.97. The highest BCUT2D eigenvalue weighted by atomic mass is 16.5. The number of hydrogen-bond donors (Lipinski definition) is 1. The van der Waals surface area contributed by atoms with E-state index in [1.165, 1.54) is 128 Å². The van der Waals surface area contributed by atoms with Gasteiger partial charge in [0.15, 0.2) is 0 Å². The number of hydrogen-bond acceptors (Lipinski definition) is 3. The Labute approximate surface area is 262 Å². The Morgan fingerprint density at radius 2 is 0.905 bits per heavy atom. The van der Waals surface area contributed by atoms with Gasteiger partial charge in [-0.05, 0) is 57.8 Å². The fourth-order valence-corrected chi connectivity index (χ4v) is 5.76. The van der Waals surface area contributed by atoms with E-state index in [9.17, 15) is 9.59 Å². The van der Waals surface area contributed by atoms with E-state index in [-0.39, 0.29) is 12.1 Å². The van der Waals surface area contributed by atoms with Crippen LogP contribution in [-0.2, 0) is 14.3 Å². The van der Waals surface area contributed by atoms with Crippen LogP contribution in [-0.4, -0.2) is 23.1 Å². The molecular formula is C38H72O4. The van der Waals surface area contributed by atoms with Crippen molar-refractivity contribution in [3.05, 3.63) is 12.2 Å². The summed E-state index contributed by atoms with van der Waals surface area (Å²) in [4.78, 5) is 22.9. The molecule has 0 rings (SSSR count). The van der Waals surface area contributed by atoms with Gasteiger partial charge in [-0.2, -0.15) is 0 Å². The second-order valence-electron chi connectivity index (χ2n) is 12.8. The van der Waals surface area contributed by atoms with E-state index >= 15 is 0 Å². The molecule has 1 unspecified atom stereocenters. The fraction of sp³-hybridized carbons (Fsp3) is 0.895. The molecule has 0 bridgehead atoms. The van der Waals surface area contributed by atoms with E-state index in [0.717, 1.165) is 57.8 Å². The first-order valence-electron chi connectivity index (χ1n) is 18.7. The van der Waals surface area contributed by atoms with Gasteiger partial charge in [0.1, 0.15) is 6.10 Å². The van der Waals surface area contributed by atoms with Crippen LogP contribution in [0, 0.1) is 0 Å². The van der Waals surface area contributed by atoms with Crippen molar-refractivity contribution in [2.45, 2.75) is 219 Å². The summed E-state index contributed by atoms with van der Waals surface area (Å²) in [6, 6.07) is 0. The van der Waals surface area contributed by atoms with E-state index in [1.54, 1.807) is 0 Å². The average molecular weight is 593 g/mol. The summed E-state index contributed by atoms with van der Waals surface area (Å²) >= 11 is 0. The maximum Gasteiger partial charge on any atom is 0.306 e. The van der Waals surface area contributed by atoms with Gasteiger partial charge in [-0.1, -0.05) is 154 Å². The van der Waals surface area contributed by atoms with Gasteiger partial charge in [0.25, 0.3) is 0 Å². The lowest BCUT2D eigenvalue weighted by atomic mass is 10.0. The number of carbonyl (C=O) groups excluding carboxylic acids is 1. The standard InChI is InChI=1S/C38H72O4/c1-3-5-6-7-8-9-10-11-12-13-14-15-16-17-18-19-20-21-25-28-31-35-38(41)42-36(32-4-2)33-29-26-23-22-24-27-30-34-37(39)40/h11-12,36H,3-10,13-35H2,1-2H3,(H,39,40)/b12-11-. The number of esters is 1. The molecule has 0 spiro atoms. The SMILES string of the molecule is CCCCCCCC/C=C\CCCCCCCCCCCCCC(=O)OC(CCC)CCCCCCCCCC(=O)O. The van der Waals surface area contributed by atoms with E-state index in [0.29, 0.717) is 12.8 Å². The molecule has 1 N–H and O–H groups in total. The Bertz CT molecular complexity index is 600. The summed E-state index contributed by atoms with van der Waals surface area (Å²) in [6.07, 6.45) is 41.5. The minimum Gasteiger partial charge on any atom is -0.481 e. The van der Waals surface area contributed by atoms with Crippen LogP contribution in [0.4, 0.5) is 0 Å². The fourth-order valence-electron chi connectivity index (χ4n) is 5.76. The molecule has 0 aromatic heterocycles. The Morgan fingerprint density at radius 1 is 0.500 bits per heavy atom. The van der Waals surface area contributed by atoms with Crippen LogP contribution in [0.5, 0.6) is 0 Å². The number of carbonyl (C=O) groups is 2. The molecule has 0 aromatic carbocycles. The maximum absolute atomic E-state index is 12.3. The highest BCUT2D eigenvalue weighted by Gasteiger charge is 2.13. The molecule has 0 aromatic rings. The van der Waals surface area contributed by atoms with Gasteiger partial charge in [-0.25, -0.2) is 0 Å². The van der Waals surface area contributed by atoms with Crippen molar-refractivity contribution in [1.82, 2.24) is 0 Å². The monoisotopic (exact) mass is 593 g/mol. The minimum atomic E-state index is -0.689. The quantitative estimate of drug-likeness (QED) is 0.0458. The lowest BCUT2D eigenvalue weighted by Crippen LogP contribution is -2.18. The number of carboxylic acid groups (broad SMARTS) is 1. The minimum absolute atomic E-state index is 0.000163. The summed E-state index contributed by atoms with van der Waals surface area (Å²) < 4.78 is 5.82. The Kier molecular flexibility index (Phi) is 33.1. The molecule has 0 radical (unpaired) electrons. The summed E-state index contributed by atoms with van der Waals surface area (Å²) in [5, 5.41) is 8.68. The summed E-state index contributed by atoms with van der Waals surface area (Å²) in [5.41, 5.74) is 0. The number of carboxylic acids is 1. The van der Waals surface area contributed by atoms with Gasteiger partial charge in [-0.15, -0.1) is 0 Å². The van der Waals surface area contributed by atoms with Crippen molar-refractivity contribution in [2.24, 2.45) is 0 Å². The molecule has 4 nitrogen and oxygen atoms in total. The summed E-state index contributed by atoms with van der Waals surface area (Å²) in [5.74, 6) is -0.689. The van der Waals surface area contributed by atoms with Crippen LogP contribution in [0.1, 0.15) is 213 Å². The van der Waals surface area contributed by atoms with E-state index in [1.807, 2.05) is 0 Å². The van der Waals surface area contributed by atoms with Crippen LogP contribution in [0.15, 0.2) is 12.2 Å². The zero-order chi connectivity index (χ0) is 30.8. The molecule has 248 valence electrons. The van der Waals surface area contributed by atoms with Crippen molar-refractivity contribution in [3.63, 3.8) is 0 Å². The highest BCUT2D eigenvalue weighted by Crippen LogP contribution is 2.17. The second-order valence-corrected chi connectivity index (χ2v) is 12.8. The molecule has 0 aliphatic carbocycles. The zero-order valence-corrected chi connectivity index (χ0v) is 28.3. The number of ether oxygens (including phenoxy) is 1. The number of allylic oxidation sites excluding steroid dienone is 2. The maximum atomic E-state index is 12.3. The predicted molar refractivity (Wildman–Crippen MR) is 181 cm³/mol. The van der Waals surface area contributed by atoms with Gasteiger partial charge in [-0.3, -0.25) is 9.59 Å². The molecule has 4 heteroatoms. The van der Waals surface area contributed by atoms with Gasteiger partial charge in [0.2, 0.25) is 0 Å². The van der Waals surface area contributed by atoms with E-state index in [2.05, 4.69) is 26.0 Å². The van der Waals surface area contributed by atoms with Crippen LogP contribution in [0.2, 0.25) is 0 Å². The van der Waals surface area contributed by atoms with Gasteiger partial charge in [0, 0.05) is 12.8 Å².